The maximum atomic E-state index is 12.1. The fourth-order valence-electron chi connectivity index (χ4n) is 3.04. The first-order chi connectivity index (χ1) is 14.6. The molecule has 7 nitrogen and oxygen atoms in total. The second-order valence-corrected chi connectivity index (χ2v) is 7.12. The van der Waals surface area contributed by atoms with Gasteiger partial charge in [0, 0.05) is 52.2 Å². The number of carbonyl (C=O) groups excluding carboxylic acids is 1. The van der Waals surface area contributed by atoms with Gasteiger partial charge in [-0.2, -0.15) is 5.10 Å². The zero-order valence-electron chi connectivity index (χ0n) is 17.7. The summed E-state index contributed by atoms with van der Waals surface area (Å²) in [6.45, 7) is 1.39. The van der Waals surface area contributed by atoms with Crippen LogP contribution in [0.1, 0.15) is 21.5 Å². The average molecular weight is 405 g/mol. The molecule has 0 saturated carbocycles. The first-order valence-electron chi connectivity index (χ1n) is 9.91. The molecule has 0 atom stereocenters. The summed E-state index contributed by atoms with van der Waals surface area (Å²) in [5.74, 6) is 0.757. The second kappa shape index (κ2) is 10.2. The van der Waals surface area contributed by atoms with Crippen LogP contribution in [-0.2, 0) is 13.0 Å². The minimum atomic E-state index is 0.0147. The normalized spacial score (nSPS) is 11.2. The summed E-state index contributed by atoms with van der Waals surface area (Å²) in [7, 11) is 5.28. The Labute approximate surface area is 177 Å². The lowest BCUT2D eigenvalue weighted by molar-refractivity contribution is 0.0827. The molecule has 1 heterocycles. The van der Waals surface area contributed by atoms with E-state index >= 15 is 0 Å². The summed E-state index contributed by atoms with van der Waals surface area (Å²) in [5, 5.41) is 10.9. The lowest BCUT2D eigenvalue weighted by Gasteiger charge is -2.13. The smallest absolute Gasteiger partial charge is 0.253 e. The molecule has 3 aromatic rings. The highest BCUT2D eigenvalue weighted by atomic mass is 16.2. The van der Waals surface area contributed by atoms with Crippen molar-refractivity contribution in [1.29, 1.82) is 0 Å². The molecule has 2 N–H and O–H groups in total. The van der Waals surface area contributed by atoms with E-state index < -0.39 is 0 Å². The van der Waals surface area contributed by atoms with Crippen molar-refractivity contribution in [2.75, 3.05) is 27.7 Å². The minimum absolute atomic E-state index is 0.0147. The number of nitrogens with one attached hydrogen (secondary N) is 2. The fourth-order valence-corrected chi connectivity index (χ4v) is 3.04. The Morgan fingerprint density at radius 3 is 2.53 bits per heavy atom. The Bertz CT molecular complexity index is 977. The van der Waals surface area contributed by atoms with Crippen LogP contribution in [0.3, 0.4) is 0 Å². The van der Waals surface area contributed by atoms with Gasteiger partial charge in [-0.3, -0.25) is 9.79 Å². The van der Waals surface area contributed by atoms with Gasteiger partial charge in [-0.25, -0.2) is 4.68 Å². The number of hydrogen-bond donors (Lipinski definition) is 2. The standard InChI is InChI=1S/C23H28N6O/c1-24-23(25-14-12-18-6-4-7-20(16-18)22(30)28(2)3)26-17-19-8-10-21(11-9-19)29-15-5-13-27-29/h4-11,13,15-16H,12,14,17H2,1-3H3,(H2,24,25,26). The largest absolute Gasteiger partial charge is 0.356 e. The number of benzene rings is 2. The number of nitrogens with zero attached hydrogens (tertiary/aromatic N) is 4. The molecule has 0 bridgehead atoms. The molecule has 0 aliphatic rings. The van der Waals surface area contributed by atoms with Crippen molar-refractivity contribution in [3.05, 3.63) is 83.7 Å². The van der Waals surface area contributed by atoms with Crippen LogP contribution in [0, 0.1) is 0 Å². The molecule has 3 rings (SSSR count). The number of guanidine groups is 1. The molecule has 7 heteroatoms. The van der Waals surface area contributed by atoms with Gasteiger partial charge in [-0.15, -0.1) is 0 Å². The van der Waals surface area contributed by atoms with Crippen molar-refractivity contribution < 1.29 is 4.79 Å². The molecule has 0 saturated heterocycles. The van der Waals surface area contributed by atoms with Crippen molar-refractivity contribution in [1.82, 2.24) is 25.3 Å². The highest BCUT2D eigenvalue weighted by Crippen LogP contribution is 2.09. The molecule has 0 spiro atoms. The van der Waals surface area contributed by atoms with E-state index in [-0.39, 0.29) is 5.91 Å². The fraction of sp³-hybridized carbons (Fsp3) is 0.261. The summed E-state index contributed by atoms with van der Waals surface area (Å²) in [6.07, 6.45) is 4.49. The molecule has 2 aromatic carbocycles. The van der Waals surface area contributed by atoms with E-state index in [0.29, 0.717) is 12.1 Å². The van der Waals surface area contributed by atoms with Crippen LogP contribution in [0.2, 0.25) is 0 Å². The Morgan fingerprint density at radius 2 is 1.87 bits per heavy atom. The second-order valence-electron chi connectivity index (χ2n) is 7.12. The van der Waals surface area contributed by atoms with E-state index in [1.807, 2.05) is 53.3 Å². The molecule has 0 radical (unpaired) electrons. The third-order valence-electron chi connectivity index (χ3n) is 4.68. The number of hydrogen-bond acceptors (Lipinski definition) is 3. The van der Waals surface area contributed by atoms with Crippen LogP contribution in [0.5, 0.6) is 0 Å². The molecular weight excluding hydrogens is 376 g/mol. The first kappa shape index (κ1) is 21.1. The van der Waals surface area contributed by atoms with Gasteiger partial charge in [0.05, 0.1) is 5.69 Å². The molecule has 0 unspecified atom stereocenters. The Balaban J connectivity index is 1.47. The van der Waals surface area contributed by atoms with Crippen LogP contribution in [0.25, 0.3) is 5.69 Å². The van der Waals surface area contributed by atoms with E-state index in [0.717, 1.165) is 35.7 Å². The predicted octanol–water partition coefficient (Wildman–Crippen LogP) is 2.48. The lowest BCUT2D eigenvalue weighted by Crippen LogP contribution is -2.37. The van der Waals surface area contributed by atoms with E-state index in [2.05, 4.69) is 32.9 Å². The predicted molar refractivity (Wildman–Crippen MR) is 120 cm³/mol. The Kier molecular flexibility index (Phi) is 7.21. The highest BCUT2D eigenvalue weighted by Gasteiger charge is 2.08. The van der Waals surface area contributed by atoms with Crippen molar-refractivity contribution in [2.45, 2.75) is 13.0 Å². The molecule has 1 amide bonds. The number of rotatable bonds is 7. The maximum Gasteiger partial charge on any atom is 0.253 e. The van der Waals surface area contributed by atoms with Gasteiger partial charge in [0.1, 0.15) is 0 Å². The zero-order valence-corrected chi connectivity index (χ0v) is 17.7. The van der Waals surface area contributed by atoms with Crippen molar-refractivity contribution in [3.8, 4) is 5.69 Å². The third kappa shape index (κ3) is 5.70. The molecular formula is C23H28N6O. The monoisotopic (exact) mass is 404 g/mol. The minimum Gasteiger partial charge on any atom is -0.356 e. The van der Waals surface area contributed by atoms with Gasteiger partial charge < -0.3 is 15.5 Å². The first-order valence-corrected chi connectivity index (χ1v) is 9.91. The topological polar surface area (TPSA) is 74.6 Å². The number of aromatic nitrogens is 2. The lowest BCUT2D eigenvalue weighted by atomic mass is 10.1. The Hall–Kier alpha value is -3.61. The van der Waals surface area contributed by atoms with Crippen molar-refractivity contribution >= 4 is 11.9 Å². The quantitative estimate of drug-likeness (QED) is 0.469. The van der Waals surface area contributed by atoms with Gasteiger partial charge in [0.2, 0.25) is 0 Å². The van der Waals surface area contributed by atoms with E-state index in [1.165, 1.54) is 0 Å². The van der Waals surface area contributed by atoms with E-state index in [4.69, 9.17) is 0 Å². The molecule has 1 aromatic heterocycles. The van der Waals surface area contributed by atoms with Crippen LogP contribution in [-0.4, -0.2) is 54.2 Å². The third-order valence-corrected chi connectivity index (χ3v) is 4.68. The molecule has 30 heavy (non-hydrogen) atoms. The van der Waals surface area contributed by atoms with Crippen LogP contribution in [0.15, 0.2) is 72.0 Å². The zero-order chi connectivity index (χ0) is 21.3. The van der Waals surface area contributed by atoms with Gasteiger partial charge >= 0.3 is 0 Å². The van der Waals surface area contributed by atoms with Gasteiger partial charge in [-0.05, 0) is 47.9 Å². The molecule has 0 aliphatic carbocycles. The van der Waals surface area contributed by atoms with Gasteiger partial charge in [-0.1, -0.05) is 24.3 Å². The van der Waals surface area contributed by atoms with Crippen molar-refractivity contribution in [2.24, 2.45) is 4.99 Å². The number of aliphatic imine (C=N–C) groups is 1. The summed E-state index contributed by atoms with van der Waals surface area (Å²) < 4.78 is 1.83. The van der Waals surface area contributed by atoms with Crippen molar-refractivity contribution in [3.63, 3.8) is 0 Å². The summed E-state index contributed by atoms with van der Waals surface area (Å²) in [5.41, 5.74) is 4.00. The maximum absolute atomic E-state index is 12.1. The molecule has 0 fully saturated rings. The number of amides is 1. The summed E-state index contributed by atoms with van der Waals surface area (Å²) in [4.78, 5) is 18.0. The van der Waals surface area contributed by atoms with Gasteiger partial charge in [0.15, 0.2) is 5.96 Å². The van der Waals surface area contributed by atoms with E-state index in [1.54, 1.807) is 32.2 Å². The SMILES string of the molecule is CN=C(NCCc1cccc(C(=O)N(C)C)c1)NCc1ccc(-n2cccn2)cc1. The number of carbonyl (C=O) groups is 1. The molecule has 156 valence electrons. The average Bonchev–Trinajstić information content (AvgIpc) is 3.31. The van der Waals surface area contributed by atoms with Gasteiger partial charge in [0.25, 0.3) is 5.91 Å². The highest BCUT2D eigenvalue weighted by molar-refractivity contribution is 5.94. The molecule has 0 aliphatic heterocycles. The van der Waals surface area contributed by atoms with Crippen LogP contribution in [0.4, 0.5) is 0 Å². The van der Waals surface area contributed by atoms with Crippen LogP contribution < -0.4 is 10.6 Å². The van der Waals surface area contributed by atoms with Crippen LogP contribution >= 0.6 is 0 Å². The summed E-state index contributed by atoms with van der Waals surface area (Å²) >= 11 is 0. The van der Waals surface area contributed by atoms with E-state index in [9.17, 15) is 4.79 Å². The Morgan fingerprint density at radius 1 is 1.07 bits per heavy atom. The summed E-state index contributed by atoms with van der Waals surface area (Å²) in [6, 6.07) is 17.9.